The lowest BCUT2D eigenvalue weighted by atomic mass is 9.98. The quantitative estimate of drug-likeness (QED) is 0.122. The number of aromatic carboxylic acids is 1. The summed E-state index contributed by atoms with van der Waals surface area (Å²) < 4.78 is 10.8. The normalized spacial score (nSPS) is 12.5. The fraction of sp³-hybridized carbons (Fsp3) is 0.238. The van der Waals surface area contributed by atoms with Crippen molar-refractivity contribution in [2.24, 2.45) is 0 Å². The first-order valence-corrected chi connectivity index (χ1v) is 17.5. The van der Waals surface area contributed by atoms with Crippen molar-refractivity contribution >= 4 is 45.4 Å². The smallest absolute Gasteiger partial charge is 0.407 e. The van der Waals surface area contributed by atoms with Gasteiger partial charge in [-0.3, -0.25) is 9.59 Å². The Kier molecular flexibility index (Phi) is 11.0. The fourth-order valence-corrected chi connectivity index (χ4v) is 6.19. The van der Waals surface area contributed by atoms with Crippen LogP contribution < -0.4 is 10.6 Å². The molecule has 1 heterocycles. The second-order valence-corrected chi connectivity index (χ2v) is 14.1. The van der Waals surface area contributed by atoms with E-state index in [0.717, 1.165) is 32.7 Å². The van der Waals surface area contributed by atoms with Crippen molar-refractivity contribution in [1.82, 2.24) is 25.7 Å². The van der Waals surface area contributed by atoms with Crippen LogP contribution in [-0.2, 0) is 28.9 Å². The first-order valence-electron chi connectivity index (χ1n) is 17.5. The number of carbonyl (C=O) groups excluding carboxylic acids is 3. The van der Waals surface area contributed by atoms with E-state index < -0.39 is 47.4 Å². The number of amides is 3. The number of hydrogen-bond donors (Lipinski definition) is 3. The van der Waals surface area contributed by atoms with Crippen LogP contribution in [-0.4, -0.2) is 62.7 Å². The van der Waals surface area contributed by atoms with Crippen molar-refractivity contribution in [3.05, 3.63) is 143 Å². The molecule has 0 spiro atoms. The molecule has 5 aromatic carbocycles. The second-order valence-electron chi connectivity index (χ2n) is 14.1. The summed E-state index contributed by atoms with van der Waals surface area (Å²) in [4.78, 5) is 58.0. The fourth-order valence-electron chi connectivity index (χ4n) is 6.19. The van der Waals surface area contributed by atoms with Crippen molar-refractivity contribution in [1.29, 1.82) is 0 Å². The molecule has 2 atom stereocenters. The molecule has 0 fully saturated rings. The van der Waals surface area contributed by atoms with E-state index in [1.54, 1.807) is 52.1 Å². The van der Waals surface area contributed by atoms with Gasteiger partial charge in [0.15, 0.2) is 0 Å². The van der Waals surface area contributed by atoms with Crippen molar-refractivity contribution in [2.45, 2.75) is 57.8 Å². The van der Waals surface area contributed by atoms with Gasteiger partial charge in [-0.05, 0) is 76.3 Å². The number of carboxylic acid groups (broad SMARTS) is 1. The maximum absolute atomic E-state index is 14.6. The highest BCUT2D eigenvalue weighted by Crippen LogP contribution is 2.27. The van der Waals surface area contributed by atoms with Crippen LogP contribution in [0.3, 0.4) is 0 Å². The maximum atomic E-state index is 14.6. The van der Waals surface area contributed by atoms with Gasteiger partial charge in [0.2, 0.25) is 11.8 Å². The molecule has 0 aliphatic carbocycles. The van der Waals surface area contributed by atoms with Crippen molar-refractivity contribution in [3.8, 4) is 0 Å². The van der Waals surface area contributed by atoms with E-state index in [4.69, 9.17) is 9.26 Å². The number of nitrogens with one attached hydrogen (secondary N) is 2. The Balaban J connectivity index is 1.30. The number of benzene rings is 5. The van der Waals surface area contributed by atoms with Crippen molar-refractivity contribution < 1.29 is 33.5 Å². The molecule has 2 unspecified atom stereocenters. The molecule has 1 aromatic heterocycles. The third kappa shape index (κ3) is 9.26. The highest BCUT2D eigenvalue weighted by molar-refractivity contribution is 5.98. The third-order valence-corrected chi connectivity index (χ3v) is 8.86. The Morgan fingerprint density at radius 3 is 1.98 bits per heavy atom. The van der Waals surface area contributed by atoms with Gasteiger partial charge in [-0.25, -0.2) is 9.59 Å². The molecule has 54 heavy (non-hydrogen) atoms. The van der Waals surface area contributed by atoms with E-state index in [9.17, 15) is 24.3 Å². The highest BCUT2D eigenvalue weighted by Gasteiger charge is 2.33. The SMILES string of the molecule is CN(C(=O)C(Cc1ccc2ccccc2c1)NC(=O)c1cccc(CNC(=O)OC(C)(C)C)c1)C(Cc1ccc2ccccc2c1)c1nc(C(=O)O)no1. The van der Waals surface area contributed by atoms with Gasteiger partial charge >= 0.3 is 12.1 Å². The molecule has 12 nitrogen and oxygen atoms in total. The van der Waals surface area contributed by atoms with Gasteiger partial charge in [0.05, 0.1) is 0 Å². The summed E-state index contributed by atoms with van der Waals surface area (Å²) in [5.41, 5.74) is 1.94. The Labute approximate surface area is 312 Å². The molecule has 3 N–H and O–H groups in total. The molecule has 0 aliphatic heterocycles. The number of fused-ring (bicyclic) bond motifs is 2. The molecule has 276 valence electrons. The summed E-state index contributed by atoms with van der Waals surface area (Å²) in [7, 11) is 1.57. The number of likely N-dealkylation sites (N-methyl/N-ethyl adjacent to an activating group) is 1. The van der Waals surface area contributed by atoms with Crippen LogP contribution in [0.4, 0.5) is 4.79 Å². The number of hydrogen-bond acceptors (Lipinski definition) is 8. The van der Waals surface area contributed by atoms with E-state index in [1.807, 2.05) is 84.9 Å². The summed E-state index contributed by atoms with van der Waals surface area (Å²) >= 11 is 0. The number of nitrogens with zero attached hydrogens (tertiary/aromatic N) is 3. The summed E-state index contributed by atoms with van der Waals surface area (Å²) in [5.74, 6) is -2.92. The standard InChI is InChI=1S/C42H41N5O7/c1-42(2,3)53-41(52)43-25-28-10-9-15-33(22-28)37(48)44-34(23-26-16-18-29-11-5-7-13-31(29)20-26)39(49)47(4)35(38-45-36(40(50)51)46-54-38)24-27-17-19-30-12-6-8-14-32(30)21-27/h5-22,34-35H,23-25H2,1-4H3,(H,43,52)(H,44,48)(H,50,51). The van der Waals surface area contributed by atoms with E-state index in [1.165, 1.54) is 4.90 Å². The minimum atomic E-state index is -1.37. The van der Waals surface area contributed by atoms with Gasteiger partial charge in [-0.1, -0.05) is 97.1 Å². The molecule has 0 bridgehead atoms. The van der Waals surface area contributed by atoms with Gasteiger partial charge in [-0.2, -0.15) is 4.98 Å². The van der Waals surface area contributed by atoms with Crippen LogP contribution in [0.1, 0.15) is 70.4 Å². The first kappa shape index (κ1) is 37.2. The van der Waals surface area contributed by atoms with E-state index >= 15 is 0 Å². The van der Waals surface area contributed by atoms with Crippen LogP contribution in [0, 0.1) is 0 Å². The average molecular weight is 728 g/mol. The molecule has 12 heteroatoms. The van der Waals surface area contributed by atoms with Gasteiger partial charge in [0.1, 0.15) is 17.7 Å². The van der Waals surface area contributed by atoms with Crippen molar-refractivity contribution in [2.75, 3.05) is 7.05 Å². The molecular formula is C42H41N5O7. The van der Waals surface area contributed by atoms with Gasteiger partial charge in [0.25, 0.3) is 11.7 Å². The zero-order valence-electron chi connectivity index (χ0n) is 30.4. The molecule has 3 amide bonds. The minimum absolute atomic E-state index is 0.0580. The Morgan fingerprint density at radius 2 is 1.39 bits per heavy atom. The van der Waals surface area contributed by atoms with Crippen molar-refractivity contribution in [3.63, 3.8) is 0 Å². The van der Waals surface area contributed by atoms with Crippen LogP contribution in [0.2, 0.25) is 0 Å². The zero-order chi connectivity index (χ0) is 38.4. The Bertz CT molecular complexity index is 2330. The molecule has 6 aromatic rings. The summed E-state index contributed by atoms with van der Waals surface area (Å²) in [6, 6.07) is 32.3. The molecule has 6 rings (SSSR count). The number of ether oxygens (including phenoxy) is 1. The predicted molar refractivity (Wildman–Crippen MR) is 203 cm³/mol. The van der Waals surface area contributed by atoms with Crippen LogP contribution in [0.15, 0.2) is 114 Å². The lowest BCUT2D eigenvalue weighted by Crippen LogP contribution is -2.49. The van der Waals surface area contributed by atoms with Crippen LogP contribution >= 0.6 is 0 Å². The van der Waals surface area contributed by atoms with Crippen LogP contribution in [0.25, 0.3) is 21.5 Å². The minimum Gasteiger partial charge on any atom is -0.475 e. The first-order chi connectivity index (χ1) is 25.8. The van der Waals surface area contributed by atoms with E-state index in [-0.39, 0.29) is 30.8 Å². The van der Waals surface area contributed by atoms with Crippen LogP contribution in [0.5, 0.6) is 0 Å². The number of rotatable bonds is 12. The molecular weight excluding hydrogens is 686 g/mol. The Hall–Kier alpha value is -6.56. The lowest BCUT2D eigenvalue weighted by molar-refractivity contribution is -0.134. The van der Waals surface area contributed by atoms with E-state index in [2.05, 4.69) is 20.8 Å². The topological polar surface area (TPSA) is 164 Å². The molecule has 0 radical (unpaired) electrons. The number of carboxylic acids is 1. The predicted octanol–water partition coefficient (Wildman–Crippen LogP) is 6.88. The summed E-state index contributed by atoms with van der Waals surface area (Å²) in [6.45, 7) is 5.43. The third-order valence-electron chi connectivity index (χ3n) is 8.86. The van der Waals surface area contributed by atoms with E-state index in [0.29, 0.717) is 5.56 Å². The molecule has 0 aliphatic rings. The molecule has 0 saturated carbocycles. The maximum Gasteiger partial charge on any atom is 0.407 e. The number of alkyl carbamates (subject to hydrolysis) is 1. The average Bonchev–Trinajstić information content (AvgIpc) is 3.65. The summed E-state index contributed by atoms with van der Waals surface area (Å²) in [5, 5.41) is 22.9. The Morgan fingerprint density at radius 1 is 0.778 bits per heavy atom. The largest absolute Gasteiger partial charge is 0.475 e. The van der Waals surface area contributed by atoms with Gasteiger partial charge < -0.3 is 29.9 Å². The summed E-state index contributed by atoms with van der Waals surface area (Å²) in [6.07, 6.45) is -0.221. The van der Waals surface area contributed by atoms with Gasteiger partial charge in [-0.15, -0.1) is 0 Å². The zero-order valence-corrected chi connectivity index (χ0v) is 30.4. The van der Waals surface area contributed by atoms with Gasteiger partial charge in [0, 0.05) is 32.0 Å². The number of carbonyl (C=O) groups is 4. The lowest BCUT2D eigenvalue weighted by Gasteiger charge is -2.30. The monoisotopic (exact) mass is 727 g/mol. The highest BCUT2D eigenvalue weighted by atomic mass is 16.6. The number of aromatic nitrogens is 2. The molecule has 0 saturated heterocycles. The second kappa shape index (κ2) is 16.0.